The predicted octanol–water partition coefficient (Wildman–Crippen LogP) is 0.782. The topological polar surface area (TPSA) is 54.9 Å². The second kappa shape index (κ2) is 6.22. The Morgan fingerprint density at radius 3 is 3.18 bits per heavy atom. The number of pyridine rings is 1. The van der Waals surface area contributed by atoms with Gasteiger partial charge in [-0.25, -0.2) is 0 Å². The van der Waals surface area contributed by atoms with Crippen molar-refractivity contribution in [2.24, 2.45) is 0 Å². The molecule has 0 bridgehead atoms. The molecule has 1 aromatic rings. The highest BCUT2D eigenvalue weighted by Gasteiger charge is 2.47. The largest absolute Gasteiger partial charge is 0.486 e. The molecule has 1 aromatic heterocycles. The van der Waals surface area contributed by atoms with Crippen molar-refractivity contribution in [2.45, 2.75) is 24.5 Å². The zero-order valence-corrected chi connectivity index (χ0v) is 13.2. The van der Waals surface area contributed by atoms with Crippen molar-refractivity contribution in [1.29, 1.82) is 0 Å². The highest BCUT2D eigenvalue weighted by molar-refractivity contribution is 5.78. The molecule has 0 N–H and O–H groups in total. The van der Waals surface area contributed by atoms with Crippen molar-refractivity contribution < 1.29 is 14.3 Å². The quantitative estimate of drug-likeness (QED) is 0.823. The number of ether oxygens (including phenoxy) is 2. The summed E-state index contributed by atoms with van der Waals surface area (Å²) in [5.41, 5.74) is -0.227. The van der Waals surface area contributed by atoms with Gasteiger partial charge in [0.2, 0.25) is 5.91 Å². The van der Waals surface area contributed by atoms with Crippen molar-refractivity contribution in [3.05, 3.63) is 24.5 Å². The molecule has 6 heteroatoms. The van der Waals surface area contributed by atoms with Crippen molar-refractivity contribution >= 4 is 5.91 Å². The van der Waals surface area contributed by atoms with Gasteiger partial charge in [-0.1, -0.05) is 0 Å². The molecule has 1 amide bonds. The number of hydrogen-bond donors (Lipinski definition) is 0. The van der Waals surface area contributed by atoms with Crippen LogP contribution in [0.1, 0.15) is 12.8 Å². The van der Waals surface area contributed by atoms with Gasteiger partial charge in [-0.3, -0.25) is 9.78 Å². The van der Waals surface area contributed by atoms with Gasteiger partial charge in [0.1, 0.15) is 11.9 Å². The van der Waals surface area contributed by atoms with E-state index in [1.807, 2.05) is 36.0 Å². The van der Waals surface area contributed by atoms with Crippen LogP contribution in [0.4, 0.5) is 0 Å². The van der Waals surface area contributed by atoms with E-state index in [1.165, 1.54) is 0 Å². The van der Waals surface area contributed by atoms with Crippen LogP contribution < -0.4 is 4.74 Å². The number of likely N-dealkylation sites (N-methyl/N-ethyl adjacent to an activating group) is 1. The number of likely N-dealkylation sites (tertiary alicyclic amines) is 1. The Balaban J connectivity index is 1.55. The first-order valence-corrected chi connectivity index (χ1v) is 7.69. The van der Waals surface area contributed by atoms with Crippen LogP contribution in [0.15, 0.2) is 24.5 Å². The molecule has 3 heterocycles. The van der Waals surface area contributed by atoms with Gasteiger partial charge in [-0.2, -0.15) is 0 Å². The summed E-state index contributed by atoms with van der Waals surface area (Å²) >= 11 is 0. The lowest BCUT2D eigenvalue weighted by atomic mass is 9.98. The van der Waals surface area contributed by atoms with Crippen LogP contribution in [0.25, 0.3) is 0 Å². The van der Waals surface area contributed by atoms with Crippen molar-refractivity contribution in [3.8, 4) is 5.75 Å². The van der Waals surface area contributed by atoms with Gasteiger partial charge in [0.25, 0.3) is 0 Å². The van der Waals surface area contributed by atoms with Crippen LogP contribution in [-0.2, 0) is 9.53 Å². The first-order chi connectivity index (χ1) is 10.6. The molecular formula is C16H23N3O3. The first-order valence-electron chi connectivity index (χ1n) is 7.69. The summed E-state index contributed by atoms with van der Waals surface area (Å²) in [5, 5.41) is 0. The van der Waals surface area contributed by atoms with E-state index in [1.54, 1.807) is 12.4 Å². The minimum absolute atomic E-state index is 0.0353. The maximum absolute atomic E-state index is 12.2. The fourth-order valence-corrected chi connectivity index (χ4v) is 3.20. The molecule has 2 saturated heterocycles. The summed E-state index contributed by atoms with van der Waals surface area (Å²) in [6.45, 7) is 2.47. The number of carbonyl (C=O) groups is 1. The lowest BCUT2D eigenvalue weighted by Gasteiger charge is -2.24. The SMILES string of the molecule is CN(C)CC(=O)N1CC[C@@]2(C[C@@H](Oc3cccnc3)CO2)C1. The Morgan fingerprint density at radius 1 is 1.59 bits per heavy atom. The fourth-order valence-electron chi connectivity index (χ4n) is 3.20. The second-order valence-corrected chi connectivity index (χ2v) is 6.43. The van der Waals surface area contributed by atoms with E-state index >= 15 is 0 Å². The molecule has 6 nitrogen and oxygen atoms in total. The highest BCUT2D eigenvalue weighted by atomic mass is 16.6. The van der Waals surface area contributed by atoms with Crippen LogP contribution in [0, 0.1) is 0 Å². The number of rotatable bonds is 4. The zero-order valence-electron chi connectivity index (χ0n) is 13.2. The number of carbonyl (C=O) groups excluding carboxylic acids is 1. The molecular weight excluding hydrogens is 282 g/mol. The van der Waals surface area contributed by atoms with Gasteiger partial charge >= 0.3 is 0 Å². The third-order valence-electron chi connectivity index (χ3n) is 4.23. The van der Waals surface area contributed by atoms with Crippen molar-refractivity contribution in [1.82, 2.24) is 14.8 Å². The molecule has 0 aliphatic carbocycles. The number of nitrogens with zero attached hydrogens (tertiary/aromatic N) is 3. The zero-order chi connectivity index (χ0) is 15.6. The van der Waals surface area contributed by atoms with Crippen molar-refractivity contribution in [3.63, 3.8) is 0 Å². The lowest BCUT2D eigenvalue weighted by molar-refractivity contribution is -0.131. The standard InChI is InChI=1S/C16H23N3O3/c1-18(2)10-15(20)19-7-5-16(12-19)8-14(11-21-16)22-13-4-3-6-17-9-13/h3-4,6,9,14H,5,7-8,10-12H2,1-2H3/t14-,16-/m1/s1. The second-order valence-electron chi connectivity index (χ2n) is 6.43. The summed E-state index contributed by atoms with van der Waals surface area (Å²) < 4.78 is 11.9. The van der Waals surface area contributed by atoms with Crippen LogP contribution >= 0.6 is 0 Å². The van der Waals surface area contributed by atoms with E-state index in [0.29, 0.717) is 19.7 Å². The Labute approximate surface area is 131 Å². The van der Waals surface area contributed by atoms with Gasteiger partial charge in [0.15, 0.2) is 0 Å². The summed E-state index contributed by atoms with van der Waals surface area (Å²) in [7, 11) is 3.82. The third kappa shape index (κ3) is 3.39. The third-order valence-corrected chi connectivity index (χ3v) is 4.23. The van der Waals surface area contributed by atoms with E-state index < -0.39 is 0 Å². The van der Waals surface area contributed by atoms with Crippen LogP contribution in [0.3, 0.4) is 0 Å². The van der Waals surface area contributed by atoms with Crippen LogP contribution in [0.5, 0.6) is 5.75 Å². The summed E-state index contributed by atoms with van der Waals surface area (Å²) in [5.74, 6) is 0.939. The Bertz CT molecular complexity index is 523. The number of aromatic nitrogens is 1. The molecule has 2 fully saturated rings. The van der Waals surface area contributed by atoms with E-state index in [0.717, 1.165) is 25.1 Å². The van der Waals surface area contributed by atoms with Gasteiger partial charge in [-0.05, 0) is 32.6 Å². The van der Waals surface area contributed by atoms with Crippen LogP contribution in [0.2, 0.25) is 0 Å². The monoisotopic (exact) mass is 305 g/mol. The molecule has 1 spiro atoms. The number of hydrogen-bond acceptors (Lipinski definition) is 5. The van der Waals surface area contributed by atoms with E-state index in [-0.39, 0.29) is 17.6 Å². The summed E-state index contributed by atoms with van der Waals surface area (Å²) in [6, 6.07) is 3.76. The Kier molecular flexibility index (Phi) is 4.31. The molecule has 2 aliphatic rings. The minimum Gasteiger partial charge on any atom is -0.486 e. The smallest absolute Gasteiger partial charge is 0.236 e. The average Bonchev–Trinajstić information content (AvgIpc) is 3.07. The average molecular weight is 305 g/mol. The molecule has 2 atom stereocenters. The number of amides is 1. The van der Waals surface area contributed by atoms with Gasteiger partial charge in [0.05, 0.1) is 24.9 Å². The molecule has 3 rings (SSSR count). The summed E-state index contributed by atoms with van der Waals surface area (Å²) in [6.07, 6.45) is 5.19. The predicted molar refractivity (Wildman–Crippen MR) is 81.7 cm³/mol. The van der Waals surface area contributed by atoms with Gasteiger partial charge in [-0.15, -0.1) is 0 Å². The molecule has 0 radical (unpaired) electrons. The minimum atomic E-state index is -0.227. The maximum atomic E-state index is 12.2. The van der Waals surface area contributed by atoms with E-state index in [4.69, 9.17) is 9.47 Å². The van der Waals surface area contributed by atoms with E-state index in [9.17, 15) is 4.79 Å². The van der Waals surface area contributed by atoms with Gasteiger partial charge in [0, 0.05) is 25.7 Å². The highest BCUT2D eigenvalue weighted by Crippen LogP contribution is 2.36. The molecule has 2 aliphatic heterocycles. The molecule has 22 heavy (non-hydrogen) atoms. The molecule has 0 unspecified atom stereocenters. The van der Waals surface area contributed by atoms with Crippen molar-refractivity contribution in [2.75, 3.05) is 40.3 Å². The van der Waals surface area contributed by atoms with Crippen LogP contribution in [-0.4, -0.2) is 72.7 Å². The lowest BCUT2D eigenvalue weighted by Crippen LogP contribution is -2.40. The summed E-state index contributed by atoms with van der Waals surface area (Å²) in [4.78, 5) is 20.0. The van der Waals surface area contributed by atoms with Gasteiger partial charge < -0.3 is 19.3 Å². The fraction of sp³-hybridized carbons (Fsp3) is 0.625. The Hall–Kier alpha value is -1.66. The first kappa shape index (κ1) is 15.2. The molecule has 0 aromatic carbocycles. The Morgan fingerprint density at radius 2 is 2.45 bits per heavy atom. The molecule has 120 valence electrons. The molecule has 0 saturated carbocycles. The normalized spacial score (nSPS) is 27.8. The van der Waals surface area contributed by atoms with E-state index in [2.05, 4.69) is 4.98 Å². The maximum Gasteiger partial charge on any atom is 0.236 e.